The molecule has 1 heterocycles. The molecule has 0 saturated heterocycles. The predicted octanol–water partition coefficient (Wildman–Crippen LogP) is 1.83. The molecule has 0 aliphatic rings. The van der Waals surface area contributed by atoms with Gasteiger partial charge in [-0.2, -0.15) is 0 Å². The van der Waals surface area contributed by atoms with Gasteiger partial charge >= 0.3 is 0 Å². The van der Waals surface area contributed by atoms with E-state index in [1.54, 1.807) is 36.5 Å². The van der Waals surface area contributed by atoms with Gasteiger partial charge in [-0.25, -0.2) is 0 Å². The van der Waals surface area contributed by atoms with Crippen LogP contribution in [0.3, 0.4) is 0 Å². The van der Waals surface area contributed by atoms with Crippen molar-refractivity contribution in [1.82, 2.24) is 4.98 Å². The van der Waals surface area contributed by atoms with E-state index in [1.165, 1.54) is 6.20 Å². The molecule has 1 aromatic carbocycles. The van der Waals surface area contributed by atoms with Gasteiger partial charge in [-0.05, 0) is 18.2 Å². The van der Waals surface area contributed by atoms with E-state index in [4.69, 9.17) is 5.11 Å². The van der Waals surface area contributed by atoms with E-state index in [0.717, 1.165) is 0 Å². The number of aliphatic hydroxyl groups excluding tert-OH is 1. The van der Waals surface area contributed by atoms with E-state index in [0.29, 0.717) is 16.8 Å². The van der Waals surface area contributed by atoms with Crippen molar-refractivity contribution in [2.45, 2.75) is 6.61 Å². The number of anilines is 1. The molecule has 4 heteroatoms. The van der Waals surface area contributed by atoms with Gasteiger partial charge in [0.05, 0.1) is 18.5 Å². The molecule has 0 aliphatic carbocycles. The van der Waals surface area contributed by atoms with Crippen LogP contribution in [0.1, 0.15) is 15.9 Å². The SMILES string of the molecule is O=C(Nc1cnccc1CO)c1ccccc1. The van der Waals surface area contributed by atoms with E-state index in [1.807, 2.05) is 6.07 Å². The van der Waals surface area contributed by atoms with Crippen molar-refractivity contribution >= 4 is 11.6 Å². The molecule has 0 spiro atoms. The van der Waals surface area contributed by atoms with Gasteiger partial charge < -0.3 is 10.4 Å². The zero-order valence-electron chi connectivity index (χ0n) is 9.13. The maximum absolute atomic E-state index is 11.9. The number of nitrogens with zero attached hydrogens (tertiary/aromatic N) is 1. The smallest absolute Gasteiger partial charge is 0.255 e. The van der Waals surface area contributed by atoms with Gasteiger partial charge in [0.15, 0.2) is 0 Å². The normalized spacial score (nSPS) is 9.94. The van der Waals surface area contributed by atoms with Crippen molar-refractivity contribution < 1.29 is 9.90 Å². The Morgan fingerprint density at radius 1 is 1.24 bits per heavy atom. The van der Waals surface area contributed by atoms with Gasteiger partial charge in [0, 0.05) is 17.3 Å². The Morgan fingerprint density at radius 2 is 2.00 bits per heavy atom. The highest BCUT2D eigenvalue weighted by molar-refractivity contribution is 6.04. The van der Waals surface area contributed by atoms with E-state index < -0.39 is 0 Å². The van der Waals surface area contributed by atoms with Crippen LogP contribution in [0.25, 0.3) is 0 Å². The molecule has 0 atom stereocenters. The summed E-state index contributed by atoms with van der Waals surface area (Å²) in [5.74, 6) is -0.215. The van der Waals surface area contributed by atoms with Crippen LogP contribution in [-0.4, -0.2) is 16.0 Å². The standard InChI is InChI=1S/C13H12N2O2/c16-9-11-6-7-14-8-12(11)15-13(17)10-4-2-1-3-5-10/h1-8,16H,9H2,(H,15,17). The summed E-state index contributed by atoms with van der Waals surface area (Å²) < 4.78 is 0. The Labute approximate surface area is 98.9 Å². The number of aliphatic hydroxyl groups is 1. The molecule has 0 aliphatic heterocycles. The molecular weight excluding hydrogens is 216 g/mol. The molecule has 0 saturated carbocycles. The Bertz CT molecular complexity index is 512. The Kier molecular flexibility index (Phi) is 3.47. The fraction of sp³-hybridized carbons (Fsp3) is 0.0769. The quantitative estimate of drug-likeness (QED) is 0.842. The Balaban J connectivity index is 2.19. The van der Waals surface area contributed by atoms with Crippen molar-refractivity contribution in [2.24, 2.45) is 0 Å². The van der Waals surface area contributed by atoms with Crippen LogP contribution in [0.5, 0.6) is 0 Å². The number of nitrogens with one attached hydrogen (secondary N) is 1. The third kappa shape index (κ3) is 2.68. The van der Waals surface area contributed by atoms with Gasteiger partial charge in [0.25, 0.3) is 5.91 Å². The van der Waals surface area contributed by atoms with E-state index in [2.05, 4.69) is 10.3 Å². The van der Waals surface area contributed by atoms with Gasteiger partial charge in [0.2, 0.25) is 0 Å². The van der Waals surface area contributed by atoms with Crippen molar-refractivity contribution in [3.8, 4) is 0 Å². The van der Waals surface area contributed by atoms with E-state index in [9.17, 15) is 4.79 Å². The molecule has 0 radical (unpaired) electrons. The summed E-state index contributed by atoms with van der Waals surface area (Å²) in [4.78, 5) is 15.8. The number of carbonyl (C=O) groups excluding carboxylic acids is 1. The second kappa shape index (κ2) is 5.23. The number of rotatable bonds is 3. The lowest BCUT2D eigenvalue weighted by Gasteiger charge is -2.08. The molecule has 2 rings (SSSR count). The number of hydrogen-bond acceptors (Lipinski definition) is 3. The molecule has 0 unspecified atom stereocenters. The van der Waals surface area contributed by atoms with Gasteiger partial charge in [-0.15, -0.1) is 0 Å². The highest BCUT2D eigenvalue weighted by Gasteiger charge is 2.07. The fourth-order valence-corrected chi connectivity index (χ4v) is 1.46. The van der Waals surface area contributed by atoms with Crippen LogP contribution in [0, 0.1) is 0 Å². The minimum Gasteiger partial charge on any atom is -0.392 e. The first-order valence-electron chi connectivity index (χ1n) is 5.21. The zero-order chi connectivity index (χ0) is 12.1. The third-order valence-electron chi connectivity index (χ3n) is 2.37. The van der Waals surface area contributed by atoms with E-state index >= 15 is 0 Å². The molecule has 1 amide bonds. The maximum Gasteiger partial charge on any atom is 0.255 e. The molecule has 86 valence electrons. The summed E-state index contributed by atoms with van der Waals surface area (Å²) in [5, 5.41) is 11.8. The lowest BCUT2D eigenvalue weighted by atomic mass is 10.2. The fourth-order valence-electron chi connectivity index (χ4n) is 1.46. The van der Waals surface area contributed by atoms with Gasteiger partial charge in [-0.1, -0.05) is 18.2 Å². The zero-order valence-corrected chi connectivity index (χ0v) is 9.13. The average molecular weight is 228 g/mol. The molecular formula is C13H12N2O2. The third-order valence-corrected chi connectivity index (χ3v) is 2.37. The first kappa shape index (κ1) is 11.3. The predicted molar refractivity (Wildman–Crippen MR) is 64.6 cm³/mol. The van der Waals surface area contributed by atoms with Crippen LogP contribution >= 0.6 is 0 Å². The number of aromatic nitrogens is 1. The molecule has 2 N–H and O–H groups in total. The van der Waals surface area contributed by atoms with Crippen molar-refractivity contribution in [2.75, 3.05) is 5.32 Å². The maximum atomic E-state index is 11.9. The number of benzene rings is 1. The monoisotopic (exact) mass is 228 g/mol. The van der Waals surface area contributed by atoms with Crippen LogP contribution < -0.4 is 5.32 Å². The molecule has 1 aromatic heterocycles. The number of carbonyl (C=O) groups is 1. The summed E-state index contributed by atoms with van der Waals surface area (Å²) in [6, 6.07) is 10.6. The first-order chi connectivity index (χ1) is 8.31. The summed E-state index contributed by atoms with van der Waals surface area (Å²) in [7, 11) is 0. The van der Waals surface area contributed by atoms with E-state index in [-0.39, 0.29) is 12.5 Å². The van der Waals surface area contributed by atoms with Crippen molar-refractivity contribution in [3.05, 3.63) is 59.9 Å². The topological polar surface area (TPSA) is 62.2 Å². The van der Waals surface area contributed by atoms with Crippen LogP contribution in [0.4, 0.5) is 5.69 Å². The van der Waals surface area contributed by atoms with Crippen LogP contribution in [0.15, 0.2) is 48.8 Å². The minimum absolute atomic E-state index is 0.132. The number of pyridine rings is 1. The Hall–Kier alpha value is -2.20. The number of hydrogen-bond donors (Lipinski definition) is 2. The molecule has 17 heavy (non-hydrogen) atoms. The molecule has 0 fully saturated rings. The lowest BCUT2D eigenvalue weighted by Crippen LogP contribution is -2.13. The average Bonchev–Trinajstić information content (AvgIpc) is 2.40. The first-order valence-corrected chi connectivity index (χ1v) is 5.21. The number of amides is 1. The second-order valence-electron chi connectivity index (χ2n) is 3.51. The lowest BCUT2D eigenvalue weighted by molar-refractivity contribution is 0.102. The van der Waals surface area contributed by atoms with Crippen LogP contribution in [-0.2, 0) is 6.61 Å². The molecule has 2 aromatic rings. The van der Waals surface area contributed by atoms with Gasteiger partial charge in [-0.3, -0.25) is 9.78 Å². The highest BCUT2D eigenvalue weighted by Crippen LogP contribution is 2.14. The van der Waals surface area contributed by atoms with Gasteiger partial charge in [0.1, 0.15) is 0 Å². The highest BCUT2D eigenvalue weighted by atomic mass is 16.3. The Morgan fingerprint density at radius 3 is 2.71 bits per heavy atom. The van der Waals surface area contributed by atoms with Crippen LogP contribution in [0.2, 0.25) is 0 Å². The molecule has 0 bridgehead atoms. The van der Waals surface area contributed by atoms with Crippen molar-refractivity contribution in [3.63, 3.8) is 0 Å². The molecule has 4 nitrogen and oxygen atoms in total. The summed E-state index contributed by atoms with van der Waals surface area (Å²) >= 11 is 0. The minimum atomic E-state index is -0.215. The second-order valence-corrected chi connectivity index (χ2v) is 3.51. The largest absolute Gasteiger partial charge is 0.392 e. The summed E-state index contributed by atoms with van der Waals surface area (Å²) in [6.07, 6.45) is 3.09. The summed E-state index contributed by atoms with van der Waals surface area (Å²) in [5.41, 5.74) is 1.74. The summed E-state index contributed by atoms with van der Waals surface area (Å²) in [6.45, 7) is -0.132. The van der Waals surface area contributed by atoms with Crippen molar-refractivity contribution in [1.29, 1.82) is 0 Å².